The predicted molar refractivity (Wildman–Crippen MR) is 81.4 cm³/mol. The van der Waals surface area contributed by atoms with Gasteiger partial charge in [-0.2, -0.15) is 0 Å². The molecule has 1 unspecified atom stereocenters. The van der Waals surface area contributed by atoms with E-state index in [1.807, 2.05) is 18.2 Å². The van der Waals surface area contributed by atoms with Gasteiger partial charge in [0.25, 0.3) is 0 Å². The second kappa shape index (κ2) is 5.30. The molecule has 2 fully saturated rings. The summed E-state index contributed by atoms with van der Waals surface area (Å²) in [6.45, 7) is 0.728. The lowest BCUT2D eigenvalue weighted by molar-refractivity contribution is -0.137. The van der Waals surface area contributed by atoms with Gasteiger partial charge in [0.1, 0.15) is 0 Å². The van der Waals surface area contributed by atoms with Crippen LogP contribution in [0.15, 0.2) is 27.1 Å². The molecular weight excluding hydrogens is 372 g/mol. The normalized spacial score (nSPS) is 25.1. The number of ketones is 1. The van der Waals surface area contributed by atoms with Crippen LogP contribution in [0.25, 0.3) is 0 Å². The van der Waals surface area contributed by atoms with Crippen LogP contribution in [0.4, 0.5) is 0 Å². The van der Waals surface area contributed by atoms with Crippen LogP contribution in [-0.2, 0) is 4.74 Å². The molecule has 1 aliphatic carbocycles. The number of benzene rings is 1. The molecule has 1 aromatic carbocycles. The lowest BCUT2D eigenvalue weighted by atomic mass is 9.70. The van der Waals surface area contributed by atoms with E-state index in [2.05, 4.69) is 31.9 Å². The molecule has 0 N–H and O–H groups in total. The van der Waals surface area contributed by atoms with Gasteiger partial charge in [0.15, 0.2) is 5.78 Å². The Balaban J connectivity index is 1.79. The molecule has 1 aliphatic heterocycles. The van der Waals surface area contributed by atoms with Crippen LogP contribution in [0.3, 0.4) is 0 Å². The molecule has 1 spiro atoms. The van der Waals surface area contributed by atoms with Crippen molar-refractivity contribution in [3.05, 3.63) is 32.7 Å². The van der Waals surface area contributed by atoms with Crippen molar-refractivity contribution in [2.75, 3.05) is 6.61 Å². The van der Waals surface area contributed by atoms with E-state index in [0.29, 0.717) is 0 Å². The van der Waals surface area contributed by atoms with Crippen molar-refractivity contribution < 1.29 is 9.53 Å². The Bertz CT molecular complexity index is 489. The Kier molecular flexibility index (Phi) is 3.84. The van der Waals surface area contributed by atoms with Crippen molar-refractivity contribution in [2.45, 2.75) is 37.7 Å². The fourth-order valence-electron chi connectivity index (χ4n) is 3.10. The Morgan fingerprint density at radius 3 is 2.47 bits per heavy atom. The number of hydrogen-bond acceptors (Lipinski definition) is 2. The summed E-state index contributed by atoms with van der Waals surface area (Å²) < 4.78 is 7.78. The third-order valence-corrected chi connectivity index (χ3v) is 5.19. The van der Waals surface area contributed by atoms with Crippen LogP contribution in [0, 0.1) is 5.92 Å². The average molecular weight is 388 g/mol. The molecule has 1 atom stereocenters. The quantitative estimate of drug-likeness (QED) is 0.685. The number of hydrogen-bond donors (Lipinski definition) is 0. The first-order valence-corrected chi connectivity index (χ1v) is 8.31. The molecule has 3 rings (SSSR count). The van der Waals surface area contributed by atoms with Crippen molar-refractivity contribution in [2.24, 2.45) is 5.92 Å². The summed E-state index contributed by atoms with van der Waals surface area (Å²) in [6.07, 6.45) is 5.24. The molecule has 1 saturated carbocycles. The minimum Gasteiger partial charge on any atom is -0.375 e. The molecule has 4 heteroatoms. The van der Waals surface area contributed by atoms with Gasteiger partial charge in [-0.05, 0) is 50.3 Å². The predicted octanol–water partition coefficient (Wildman–Crippen LogP) is 4.74. The van der Waals surface area contributed by atoms with Gasteiger partial charge in [0, 0.05) is 27.0 Å². The first-order valence-electron chi connectivity index (χ1n) is 6.72. The van der Waals surface area contributed by atoms with Gasteiger partial charge in [-0.15, -0.1) is 0 Å². The highest BCUT2D eigenvalue weighted by Gasteiger charge is 2.44. The van der Waals surface area contributed by atoms with Crippen molar-refractivity contribution in [3.63, 3.8) is 0 Å². The minimum absolute atomic E-state index is 0.0296. The number of Topliss-reactive ketones (excluding diaryl/α,β-unsaturated/α-hetero) is 1. The van der Waals surface area contributed by atoms with E-state index < -0.39 is 0 Å². The molecule has 0 aromatic heterocycles. The highest BCUT2D eigenvalue weighted by molar-refractivity contribution is 9.11. The first kappa shape index (κ1) is 13.8. The zero-order valence-electron chi connectivity index (χ0n) is 10.6. The van der Waals surface area contributed by atoms with Crippen molar-refractivity contribution >= 4 is 37.6 Å². The van der Waals surface area contributed by atoms with E-state index >= 15 is 0 Å². The Hall–Kier alpha value is -0.190. The Morgan fingerprint density at radius 1 is 1.21 bits per heavy atom. The maximum atomic E-state index is 12.6. The van der Waals surface area contributed by atoms with Gasteiger partial charge >= 0.3 is 0 Å². The standard InChI is InChI=1S/C15H16Br2O2/c16-12-6-11(7-13(17)8-12)14(18)10-2-5-19-15(9-10)3-1-4-15/h6-8,10H,1-5,9H2. The number of carbonyl (C=O) groups excluding carboxylic acids is 1. The van der Waals surface area contributed by atoms with Crippen LogP contribution >= 0.6 is 31.9 Å². The van der Waals surface area contributed by atoms with E-state index in [-0.39, 0.29) is 17.3 Å². The molecule has 1 heterocycles. The summed E-state index contributed by atoms with van der Waals surface area (Å²) >= 11 is 6.89. The highest BCUT2D eigenvalue weighted by atomic mass is 79.9. The summed E-state index contributed by atoms with van der Waals surface area (Å²) in [4.78, 5) is 12.6. The second-order valence-corrected chi connectivity index (χ2v) is 7.43. The summed E-state index contributed by atoms with van der Waals surface area (Å²) in [5, 5.41) is 0. The van der Waals surface area contributed by atoms with Crippen molar-refractivity contribution in [1.29, 1.82) is 0 Å². The zero-order valence-corrected chi connectivity index (χ0v) is 13.8. The second-order valence-electron chi connectivity index (χ2n) is 5.60. The molecule has 0 bridgehead atoms. The summed E-state index contributed by atoms with van der Waals surface area (Å²) in [5.41, 5.74) is 0.824. The zero-order chi connectivity index (χ0) is 13.5. The van der Waals surface area contributed by atoms with E-state index in [1.165, 1.54) is 6.42 Å². The lowest BCUT2D eigenvalue weighted by Gasteiger charge is -2.46. The summed E-state index contributed by atoms with van der Waals surface area (Å²) in [7, 11) is 0. The molecule has 0 amide bonds. The maximum Gasteiger partial charge on any atom is 0.166 e. The molecule has 0 radical (unpaired) electrons. The van der Waals surface area contributed by atoms with Gasteiger partial charge in [0.05, 0.1) is 5.60 Å². The minimum atomic E-state index is 0.0296. The Labute approximate surface area is 130 Å². The maximum absolute atomic E-state index is 12.6. The number of rotatable bonds is 2. The van der Waals surface area contributed by atoms with Crippen LogP contribution < -0.4 is 0 Å². The molecular formula is C15H16Br2O2. The number of ether oxygens (including phenoxy) is 1. The van der Waals surface area contributed by atoms with Crippen LogP contribution in [0.1, 0.15) is 42.5 Å². The molecule has 19 heavy (non-hydrogen) atoms. The van der Waals surface area contributed by atoms with Crippen LogP contribution in [0.2, 0.25) is 0 Å². The van der Waals surface area contributed by atoms with Gasteiger partial charge in [0.2, 0.25) is 0 Å². The largest absolute Gasteiger partial charge is 0.375 e. The molecule has 1 aromatic rings. The average Bonchev–Trinajstić information content (AvgIpc) is 2.35. The van der Waals surface area contributed by atoms with Crippen LogP contribution in [0.5, 0.6) is 0 Å². The Morgan fingerprint density at radius 2 is 1.89 bits per heavy atom. The van der Waals surface area contributed by atoms with E-state index in [1.54, 1.807) is 0 Å². The van der Waals surface area contributed by atoms with Crippen LogP contribution in [-0.4, -0.2) is 18.0 Å². The molecule has 2 nitrogen and oxygen atoms in total. The monoisotopic (exact) mass is 386 g/mol. The SMILES string of the molecule is O=C(c1cc(Br)cc(Br)c1)C1CCOC2(CCC2)C1. The first-order chi connectivity index (χ1) is 9.08. The van der Waals surface area contributed by atoms with Gasteiger partial charge in [-0.1, -0.05) is 31.9 Å². The van der Waals surface area contributed by atoms with Crippen molar-refractivity contribution in [3.8, 4) is 0 Å². The van der Waals surface area contributed by atoms with Gasteiger partial charge in [-0.25, -0.2) is 0 Å². The van der Waals surface area contributed by atoms with E-state index in [9.17, 15) is 4.79 Å². The van der Waals surface area contributed by atoms with E-state index in [0.717, 1.165) is 46.8 Å². The van der Waals surface area contributed by atoms with E-state index in [4.69, 9.17) is 4.74 Å². The summed E-state index contributed by atoms with van der Waals surface area (Å²) in [6, 6.07) is 5.78. The topological polar surface area (TPSA) is 26.3 Å². The molecule has 2 aliphatic rings. The molecule has 102 valence electrons. The summed E-state index contributed by atoms with van der Waals surface area (Å²) in [5.74, 6) is 0.381. The highest BCUT2D eigenvalue weighted by Crippen LogP contribution is 2.45. The fourth-order valence-corrected chi connectivity index (χ4v) is 4.40. The van der Waals surface area contributed by atoms with Crippen molar-refractivity contribution in [1.82, 2.24) is 0 Å². The third kappa shape index (κ3) is 2.81. The molecule has 1 saturated heterocycles. The number of halogens is 2. The van der Waals surface area contributed by atoms with Gasteiger partial charge in [-0.3, -0.25) is 4.79 Å². The van der Waals surface area contributed by atoms with Gasteiger partial charge < -0.3 is 4.74 Å². The number of carbonyl (C=O) groups is 1. The lowest BCUT2D eigenvalue weighted by Crippen LogP contribution is -2.47. The smallest absolute Gasteiger partial charge is 0.166 e. The fraction of sp³-hybridized carbons (Fsp3) is 0.533. The third-order valence-electron chi connectivity index (χ3n) is 4.28.